The Balaban J connectivity index is 1.26. The topological polar surface area (TPSA) is 82.1 Å². The number of esters is 1. The number of amides is 2. The number of fused-ring (bicyclic) bond motifs is 1. The van der Waals surface area contributed by atoms with Crippen LogP contribution in [0.1, 0.15) is 28.4 Å². The Hall–Kier alpha value is -4.56. The van der Waals surface area contributed by atoms with Gasteiger partial charge in [-0.3, -0.25) is 14.5 Å². The number of rotatable bonds is 9. The SMILES string of the molecule is CCOc1cc(/C=C2\SC(=O)N(CCOc3cccc4ccccc34)C2=O)ccc1OC(=O)c1ccc(C)cc1. The molecule has 8 heteroatoms. The maximum absolute atomic E-state index is 13.0. The van der Waals surface area contributed by atoms with Gasteiger partial charge in [0.15, 0.2) is 11.5 Å². The lowest BCUT2D eigenvalue weighted by atomic mass is 10.1. The van der Waals surface area contributed by atoms with Gasteiger partial charge < -0.3 is 14.2 Å². The van der Waals surface area contributed by atoms with Gasteiger partial charge in [0.05, 0.1) is 23.6 Å². The van der Waals surface area contributed by atoms with E-state index in [2.05, 4.69) is 0 Å². The number of imide groups is 1. The summed E-state index contributed by atoms with van der Waals surface area (Å²) in [5.41, 5.74) is 2.10. The largest absolute Gasteiger partial charge is 0.491 e. The molecule has 0 unspecified atom stereocenters. The Morgan fingerprint density at radius 1 is 0.875 bits per heavy atom. The normalized spacial score (nSPS) is 14.2. The van der Waals surface area contributed by atoms with E-state index in [9.17, 15) is 14.4 Å². The molecule has 2 amide bonds. The smallest absolute Gasteiger partial charge is 0.343 e. The van der Waals surface area contributed by atoms with Crippen LogP contribution in [0.4, 0.5) is 4.79 Å². The van der Waals surface area contributed by atoms with Crippen molar-refractivity contribution in [2.24, 2.45) is 0 Å². The summed E-state index contributed by atoms with van der Waals surface area (Å²) in [7, 11) is 0. The average Bonchev–Trinajstić information content (AvgIpc) is 3.22. The zero-order chi connectivity index (χ0) is 28.1. The van der Waals surface area contributed by atoms with Crippen LogP contribution >= 0.6 is 11.8 Å². The number of hydrogen-bond acceptors (Lipinski definition) is 7. The molecule has 1 aliphatic rings. The van der Waals surface area contributed by atoms with E-state index in [0.717, 1.165) is 28.1 Å². The fourth-order valence-corrected chi connectivity index (χ4v) is 5.09. The van der Waals surface area contributed by atoms with Gasteiger partial charge in [-0.2, -0.15) is 0 Å². The van der Waals surface area contributed by atoms with Gasteiger partial charge in [0.25, 0.3) is 11.1 Å². The summed E-state index contributed by atoms with van der Waals surface area (Å²) in [5.74, 6) is 0.444. The summed E-state index contributed by atoms with van der Waals surface area (Å²) < 4.78 is 17.2. The summed E-state index contributed by atoms with van der Waals surface area (Å²) in [6, 6.07) is 25.7. The van der Waals surface area contributed by atoms with E-state index in [1.807, 2.05) is 68.4 Å². The standard InChI is InChI=1S/C32H27NO6S/c1-3-37-28-19-22(13-16-27(28)39-31(35)24-14-11-21(2)12-15-24)20-29-30(34)33(32(36)40-29)17-18-38-26-10-6-8-23-7-4-5-9-25(23)26/h4-16,19-20H,3,17-18H2,1-2H3/b29-20-. The van der Waals surface area contributed by atoms with E-state index < -0.39 is 5.97 Å². The molecule has 40 heavy (non-hydrogen) atoms. The van der Waals surface area contributed by atoms with E-state index in [-0.39, 0.29) is 30.0 Å². The van der Waals surface area contributed by atoms with Crippen molar-refractivity contribution in [2.75, 3.05) is 19.8 Å². The Morgan fingerprint density at radius 3 is 2.45 bits per heavy atom. The Labute approximate surface area is 236 Å². The highest BCUT2D eigenvalue weighted by Gasteiger charge is 2.35. The number of thioether (sulfide) groups is 1. The van der Waals surface area contributed by atoms with Crippen molar-refractivity contribution in [3.63, 3.8) is 0 Å². The van der Waals surface area contributed by atoms with Crippen LogP contribution in [0.3, 0.4) is 0 Å². The van der Waals surface area contributed by atoms with Crippen molar-refractivity contribution >= 4 is 45.7 Å². The lowest BCUT2D eigenvalue weighted by molar-refractivity contribution is -0.123. The molecule has 1 heterocycles. The molecule has 1 aliphatic heterocycles. The molecule has 0 N–H and O–H groups in total. The van der Waals surface area contributed by atoms with Crippen LogP contribution in [0.2, 0.25) is 0 Å². The molecule has 7 nitrogen and oxygen atoms in total. The predicted octanol–water partition coefficient (Wildman–Crippen LogP) is 6.88. The second-order valence-corrected chi connectivity index (χ2v) is 10.0. The Kier molecular flexibility index (Phi) is 8.17. The van der Waals surface area contributed by atoms with Gasteiger partial charge in [0.1, 0.15) is 12.4 Å². The third-order valence-electron chi connectivity index (χ3n) is 6.25. The van der Waals surface area contributed by atoms with Crippen molar-refractivity contribution < 1.29 is 28.6 Å². The predicted molar refractivity (Wildman–Crippen MR) is 156 cm³/mol. The molecule has 0 saturated carbocycles. The van der Waals surface area contributed by atoms with Crippen molar-refractivity contribution in [3.05, 3.63) is 107 Å². The molecule has 4 aromatic rings. The monoisotopic (exact) mass is 553 g/mol. The number of carbonyl (C=O) groups is 3. The molecule has 1 saturated heterocycles. The van der Waals surface area contributed by atoms with Crippen molar-refractivity contribution in [1.82, 2.24) is 4.90 Å². The molecular weight excluding hydrogens is 526 g/mol. The van der Waals surface area contributed by atoms with E-state index in [1.54, 1.807) is 36.4 Å². The second kappa shape index (κ2) is 12.1. The summed E-state index contributed by atoms with van der Waals surface area (Å²) in [6.07, 6.45) is 1.63. The molecule has 0 aliphatic carbocycles. The zero-order valence-corrected chi connectivity index (χ0v) is 22.9. The number of aryl methyl sites for hydroxylation is 1. The molecule has 0 spiro atoms. The highest BCUT2D eigenvalue weighted by Crippen LogP contribution is 2.35. The Morgan fingerprint density at radius 2 is 1.65 bits per heavy atom. The summed E-state index contributed by atoms with van der Waals surface area (Å²) >= 11 is 0.875. The molecule has 1 fully saturated rings. The Bertz CT molecular complexity index is 1610. The lowest BCUT2D eigenvalue weighted by Crippen LogP contribution is -2.32. The fraction of sp³-hybridized carbons (Fsp3) is 0.156. The molecule has 4 aromatic carbocycles. The van der Waals surface area contributed by atoms with Gasteiger partial charge in [0, 0.05) is 5.39 Å². The first-order valence-corrected chi connectivity index (χ1v) is 13.7. The van der Waals surface area contributed by atoms with Crippen LogP contribution in [0.5, 0.6) is 17.2 Å². The summed E-state index contributed by atoms with van der Waals surface area (Å²) in [6.45, 7) is 4.42. The number of benzene rings is 4. The van der Waals surface area contributed by atoms with E-state index in [1.165, 1.54) is 4.90 Å². The molecule has 0 aromatic heterocycles. The summed E-state index contributed by atoms with van der Waals surface area (Å²) in [5, 5.41) is 1.67. The van der Waals surface area contributed by atoms with E-state index in [4.69, 9.17) is 14.2 Å². The molecule has 0 bridgehead atoms. The van der Waals surface area contributed by atoms with Crippen molar-refractivity contribution in [2.45, 2.75) is 13.8 Å². The van der Waals surface area contributed by atoms with Crippen molar-refractivity contribution in [3.8, 4) is 17.2 Å². The van der Waals surface area contributed by atoms with Gasteiger partial charge in [-0.05, 0) is 73.0 Å². The maximum Gasteiger partial charge on any atom is 0.343 e. The minimum absolute atomic E-state index is 0.128. The first kappa shape index (κ1) is 27.0. The van der Waals surface area contributed by atoms with Crippen LogP contribution in [0.25, 0.3) is 16.8 Å². The van der Waals surface area contributed by atoms with Crippen LogP contribution in [-0.2, 0) is 4.79 Å². The van der Waals surface area contributed by atoms with Gasteiger partial charge in [-0.15, -0.1) is 0 Å². The average molecular weight is 554 g/mol. The quantitative estimate of drug-likeness (QED) is 0.127. The zero-order valence-electron chi connectivity index (χ0n) is 22.1. The number of carbonyl (C=O) groups excluding carboxylic acids is 3. The first-order valence-electron chi connectivity index (χ1n) is 12.8. The number of hydrogen-bond donors (Lipinski definition) is 0. The minimum Gasteiger partial charge on any atom is -0.491 e. The highest BCUT2D eigenvalue weighted by molar-refractivity contribution is 8.18. The van der Waals surface area contributed by atoms with Gasteiger partial charge in [0.2, 0.25) is 0 Å². The van der Waals surface area contributed by atoms with Gasteiger partial charge in [-0.1, -0.05) is 60.2 Å². The van der Waals surface area contributed by atoms with Gasteiger partial charge >= 0.3 is 5.97 Å². The van der Waals surface area contributed by atoms with E-state index in [0.29, 0.717) is 34.1 Å². The molecule has 0 atom stereocenters. The maximum atomic E-state index is 13.0. The van der Waals surface area contributed by atoms with E-state index >= 15 is 0 Å². The highest BCUT2D eigenvalue weighted by atomic mass is 32.2. The summed E-state index contributed by atoms with van der Waals surface area (Å²) in [4.78, 5) is 39.8. The van der Waals surface area contributed by atoms with Gasteiger partial charge in [-0.25, -0.2) is 4.79 Å². The molecule has 202 valence electrons. The van der Waals surface area contributed by atoms with Crippen molar-refractivity contribution in [1.29, 1.82) is 0 Å². The van der Waals surface area contributed by atoms with Crippen LogP contribution in [-0.4, -0.2) is 41.8 Å². The third kappa shape index (κ3) is 6.02. The van der Waals surface area contributed by atoms with Crippen LogP contribution in [0, 0.1) is 6.92 Å². The van der Waals surface area contributed by atoms with Crippen LogP contribution < -0.4 is 14.2 Å². The first-order chi connectivity index (χ1) is 19.4. The second-order valence-electron chi connectivity index (χ2n) is 9.05. The fourth-order valence-electron chi connectivity index (χ4n) is 4.23. The lowest BCUT2D eigenvalue weighted by Gasteiger charge is -2.14. The third-order valence-corrected chi connectivity index (χ3v) is 7.16. The number of nitrogens with zero attached hydrogens (tertiary/aromatic N) is 1. The molecule has 5 rings (SSSR count). The molecule has 0 radical (unpaired) electrons. The minimum atomic E-state index is -0.499. The number of ether oxygens (including phenoxy) is 3. The molecular formula is C32H27NO6S. The van der Waals surface area contributed by atoms with Crippen LogP contribution in [0.15, 0.2) is 89.8 Å².